The molecule has 8 heteroatoms. The highest BCUT2D eigenvalue weighted by molar-refractivity contribution is 6.03. The van der Waals surface area contributed by atoms with Crippen LogP contribution in [0.15, 0.2) is 4.52 Å². The van der Waals surface area contributed by atoms with Gasteiger partial charge in [0.05, 0.1) is 25.5 Å². The zero-order chi connectivity index (χ0) is 16.7. The predicted octanol–water partition coefficient (Wildman–Crippen LogP) is 1.37. The van der Waals surface area contributed by atoms with Crippen molar-refractivity contribution in [2.75, 3.05) is 19.8 Å². The van der Waals surface area contributed by atoms with E-state index < -0.39 is 23.8 Å². The molecule has 0 aromatic carbocycles. The van der Waals surface area contributed by atoms with E-state index >= 15 is 0 Å². The lowest BCUT2D eigenvalue weighted by Crippen LogP contribution is -2.27. The van der Waals surface area contributed by atoms with E-state index in [-0.39, 0.29) is 36.8 Å². The van der Waals surface area contributed by atoms with Crippen LogP contribution in [0, 0.1) is 6.92 Å². The van der Waals surface area contributed by atoms with Gasteiger partial charge < -0.3 is 18.7 Å². The van der Waals surface area contributed by atoms with Crippen LogP contribution in [-0.2, 0) is 23.8 Å². The van der Waals surface area contributed by atoms with Gasteiger partial charge in [0.2, 0.25) is 5.92 Å². The summed E-state index contributed by atoms with van der Waals surface area (Å²) in [4.78, 5) is 36.1. The summed E-state index contributed by atoms with van der Waals surface area (Å²) in [5.74, 6) is -4.21. The van der Waals surface area contributed by atoms with Crippen molar-refractivity contribution in [3.8, 4) is 0 Å². The molecular weight excluding hydrogens is 294 g/mol. The number of carbonyl (C=O) groups is 3. The number of hydrogen-bond donors (Lipinski definition) is 0. The SMILES string of the molecule is CCOC(=O)c1c(C)noc1C(C(=O)OCC)C(=O)OCC. The third-order valence-corrected chi connectivity index (χ3v) is 2.68. The van der Waals surface area contributed by atoms with E-state index in [2.05, 4.69) is 5.16 Å². The Morgan fingerprint density at radius 2 is 1.50 bits per heavy atom. The standard InChI is InChI=1S/C14H19NO7/c1-5-19-12(16)9-8(4)15-22-11(9)10(13(17)20-6-2)14(18)21-7-3/h10H,5-7H2,1-4H3. The maximum atomic E-state index is 12.0. The van der Waals surface area contributed by atoms with E-state index in [1.54, 1.807) is 20.8 Å². The van der Waals surface area contributed by atoms with E-state index in [1.807, 2.05) is 0 Å². The van der Waals surface area contributed by atoms with Crippen molar-refractivity contribution in [1.82, 2.24) is 5.16 Å². The minimum Gasteiger partial charge on any atom is -0.465 e. The summed E-state index contributed by atoms with van der Waals surface area (Å²) in [6.45, 7) is 6.59. The number of esters is 3. The van der Waals surface area contributed by atoms with Gasteiger partial charge in [0.25, 0.3) is 0 Å². The molecule has 1 heterocycles. The molecule has 0 aliphatic rings. The molecule has 22 heavy (non-hydrogen) atoms. The van der Waals surface area contributed by atoms with Gasteiger partial charge in [0.1, 0.15) is 5.56 Å². The molecule has 0 spiro atoms. The maximum absolute atomic E-state index is 12.0. The molecule has 0 bridgehead atoms. The molecule has 0 aliphatic carbocycles. The van der Waals surface area contributed by atoms with Crippen LogP contribution in [0.3, 0.4) is 0 Å². The lowest BCUT2D eigenvalue weighted by atomic mass is 10.0. The van der Waals surface area contributed by atoms with Gasteiger partial charge in [0.15, 0.2) is 5.76 Å². The number of hydrogen-bond acceptors (Lipinski definition) is 8. The smallest absolute Gasteiger partial charge is 0.343 e. The molecule has 0 radical (unpaired) electrons. The lowest BCUT2D eigenvalue weighted by Gasteiger charge is -2.13. The first-order valence-corrected chi connectivity index (χ1v) is 6.94. The van der Waals surface area contributed by atoms with Gasteiger partial charge in [0, 0.05) is 0 Å². The molecule has 0 atom stereocenters. The Labute approximate surface area is 127 Å². The summed E-state index contributed by atoms with van der Waals surface area (Å²) in [5, 5.41) is 3.63. The molecule has 1 aromatic rings. The van der Waals surface area contributed by atoms with Crippen LogP contribution < -0.4 is 0 Å². The number of aryl methyl sites for hydroxylation is 1. The van der Waals surface area contributed by atoms with E-state index in [4.69, 9.17) is 18.7 Å². The lowest BCUT2D eigenvalue weighted by molar-refractivity contribution is -0.157. The fraction of sp³-hybridized carbons (Fsp3) is 0.571. The largest absolute Gasteiger partial charge is 0.465 e. The first-order valence-electron chi connectivity index (χ1n) is 6.94. The highest BCUT2D eigenvalue weighted by Crippen LogP contribution is 2.26. The third kappa shape index (κ3) is 3.84. The summed E-state index contributed by atoms with van der Waals surface area (Å²) >= 11 is 0. The summed E-state index contributed by atoms with van der Waals surface area (Å²) in [6, 6.07) is 0. The average Bonchev–Trinajstić information content (AvgIpc) is 2.81. The molecule has 0 unspecified atom stereocenters. The molecule has 0 aliphatic heterocycles. The van der Waals surface area contributed by atoms with Crippen LogP contribution >= 0.6 is 0 Å². The summed E-state index contributed by atoms with van der Waals surface area (Å²) < 4.78 is 19.6. The van der Waals surface area contributed by atoms with Gasteiger partial charge >= 0.3 is 17.9 Å². The van der Waals surface area contributed by atoms with Gasteiger partial charge in [-0.25, -0.2) is 4.79 Å². The first-order chi connectivity index (χ1) is 10.5. The van der Waals surface area contributed by atoms with Crippen LogP contribution in [0.5, 0.6) is 0 Å². The molecule has 122 valence electrons. The molecule has 1 aromatic heterocycles. The molecule has 0 amide bonds. The molecule has 0 saturated carbocycles. The van der Waals surface area contributed by atoms with Crippen molar-refractivity contribution in [1.29, 1.82) is 0 Å². The fourth-order valence-electron chi connectivity index (χ4n) is 1.80. The van der Waals surface area contributed by atoms with Crippen LogP contribution in [0.2, 0.25) is 0 Å². The third-order valence-electron chi connectivity index (χ3n) is 2.68. The van der Waals surface area contributed by atoms with Crippen LogP contribution in [-0.4, -0.2) is 42.9 Å². The molecule has 0 N–H and O–H groups in total. The number of carbonyl (C=O) groups excluding carboxylic acids is 3. The summed E-state index contributed by atoms with van der Waals surface area (Å²) in [5.41, 5.74) is 0.153. The molecule has 1 rings (SSSR count). The minimum absolute atomic E-state index is 0.0621. The monoisotopic (exact) mass is 313 g/mol. The van der Waals surface area contributed by atoms with Gasteiger partial charge in [-0.3, -0.25) is 9.59 Å². The minimum atomic E-state index is -1.51. The van der Waals surface area contributed by atoms with Gasteiger partial charge in [-0.15, -0.1) is 0 Å². The second-order valence-corrected chi connectivity index (χ2v) is 4.16. The van der Waals surface area contributed by atoms with Crippen molar-refractivity contribution in [2.45, 2.75) is 33.6 Å². The molecule has 0 saturated heterocycles. The fourth-order valence-corrected chi connectivity index (χ4v) is 1.80. The van der Waals surface area contributed by atoms with Gasteiger partial charge in [-0.1, -0.05) is 5.16 Å². The summed E-state index contributed by atoms with van der Waals surface area (Å²) in [6.07, 6.45) is 0. The van der Waals surface area contributed by atoms with Crippen molar-refractivity contribution in [3.05, 3.63) is 17.0 Å². The van der Waals surface area contributed by atoms with Crippen molar-refractivity contribution in [3.63, 3.8) is 0 Å². The molecule has 0 fully saturated rings. The molecule has 8 nitrogen and oxygen atoms in total. The molecular formula is C14H19NO7. The van der Waals surface area contributed by atoms with Crippen molar-refractivity contribution >= 4 is 17.9 Å². The average molecular weight is 313 g/mol. The highest BCUT2D eigenvalue weighted by Gasteiger charge is 2.40. The number of rotatable bonds is 7. The Morgan fingerprint density at radius 3 is 1.95 bits per heavy atom. The van der Waals surface area contributed by atoms with Gasteiger partial charge in [-0.2, -0.15) is 0 Å². The number of ether oxygens (including phenoxy) is 3. The van der Waals surface area contributed by atoms with Crippen LogP contribution in [0.25, 0.3) is 0 Å². The Morgan fingerprint density at radius 1 is 1.00 bits per heavy atom. The number of aromatic nitrogens is 1. The van der Waals surface area contributed by atoms with Crippen LogP contribution in [0.1, 0.15) is 48.5 Å². The van der Waals surface area contributed by atoms with Gasteiger partial charge in [-0.05, 0) is 27.7 Å². The zero-order valence-corrected chi connectivity index (χ0v) is 13.0. The van der Waals surface area contributed by atoms with Crippen molar-refractivity contribution in [2.24, 2.45) is 0 Å². The number of nitrogens with zero attached hydrogens (tertiary/aromatic N) is 1. The highest BCUT2D eigenvalue weighted by atomic mass is 16.6. The zero-order valence-electron chi connectivity index (χ0n) is 13.0. The van der Waals surface area contributed by atoms with E-state index in [1.165, 1.54) is 6.92 Å². The maximum Gasteiger partial charge on any atom is 0.343 e. The van der Waals surface area contributed by atoms with Crippen molar-refractivity contribution < 1.29 is 33.1 Å². The van der Waals surface area contributed by atoms with E-state index in [0.717, 1.165) is 0 Å². The summed E-state index contributed by atoms with van der Waals surface area (Å²) in [7, 11) is 0. The second-order valence-electron chi connectivity index (χ2n) is 4.16. The predicted molar refractivity (Wildman–Crippen MR) is 73.2 cm³/mol. The first kappa shape index (κ1) is 17.7. The van der Waals surface area contributed by atoms with E-state index in [0.29, 0.717) is 0 Å². The Balaban J connectivity index is 3.28. The second kappa shape index (κ2) is 8.16. The normalized spacial score (nSPS) is 10.4. The Bertz CT molecular complexity index is 531. The Kier molecular flexibility index (Phi) is 6.55. The Hall–Kier alpha value is -2.38. The topological polar surface area (TPSA) is 105 Å². The van der Waals surface area contributed by atoms with E-state index in [9.17, 15) is 14.4 Å². The van der Waals surface area contributed by atoms with Crippen LogP contribution in [0.4, 0.5) is 0 Å². The quantitative estimate of drug-likeness (QED) is 0.422.